The van der Waals surface area contributed by atoms with Crippen LogP contribution in [0.2, 0.25) is 0 Å². The molecule has 0 bridgehead atoms. The van der Waals surface area contributed by atoms with E-state index in [0.717, 1.165) is 11.1 Å². The number of aliphatic hydroxyl groups is 1. The van der Waals surface area contributed by atoms with Crippen LogP contribution in [-0.2, 0) is 19.2 Å². The lowest BCUT2D eigenvalue weighted by Crippen LogP contribution is -2.39. The lowest BCUT2D eigenvalue weighted by Gasteiger charge is -2.42. The number of aliphatic hydroxyl groups excluding tert-OH is 1. The highest BCUT2D eigenvalue weighted by molar-refractivity contribution is 6.23. The molecule has 0 radical (unpaired) electrons. The van der Waals surface area contributed by atoms with Crippen molar-refractivity contribution in [2.45, 2.75) is 32.6 Å². The predicted molar refractivity (Wildman–Crippen MR) is 123 cm³/mol. The molecule has 1 saturated heterocycles. The summed E-state index contributed by atoms with van der Waals surface area (Å²) in [6.45, 7) is 3.85. The highest BCUT2D eigenvalue weighted by Gasteiger charge is 2.55. The van der Waals surface area contributed by atoms with Crippen molar-refractivity contribution < 1.29 is 29.0 Å². The highest BCUT2D eigenvalue weighted by atomic mass is 16.5. The molecule has 34 heavy (non-hydrogen) atoms. The number of rotatable bonds is 5. The number of ketones is 2. The number of Topliss-reactive ketones (excluding diaryl/α,β-unsaturated/α-hetero) is 1. The van der Waals surface area contributed by atoms with Gasteiger partial charge < -0.3 is 9.84 Å². The van der Waals surface area contributed by atoms with Crippen molar-refractivity contribution in [2.24, 2.45) is 17.8 Å². The van der Waals surface area contributed by atoms with Crippen molar-refractivity contribution in [3.8, 4) is 5.75 Å². The van der Waals surface area contributed by atoms with E-state index in [0.29, 0.717) is 41.9 Å². The zero-order valence-electron chi connectivity index (χ0n) is 19.2. The van der Waals surface area contributed by atoms with Crippen LogP contribution in [0.4, 0.5) is 0 Å². The van der Waals surface area contributed by atoms with Gasteiger partial charge in [0.2, 0.25) is 11.8 Å². The summed E-state index contributed by atoms with van der Waals surface area (Å²) < 4.78 is 5.47. The minimum absolute atomic E-state index is 0.0957. The summed E-state index contributed by atoms with van der Waals surface area (Å²) in [5, 5.41) is 9.00. The van der Waals surface area contributed by atoms with Gasteiger partial charge in [0.15, 0.2) is 11.6 Å². The maximum atomic E-state index is 13.3. The van der Waals surface area contributed by atoms with Gasteiger partial charge in [0, 0.05) is 29.2 Å². The van der Waals surface area contributed by atoms with E-state index in [4.69, 9.17) is 9.84 Å². The zero-order chi connectivity index (χ0) is 24.1. The summed E-state index contributed by atoms with van der Waals surface area (Å²) >= 11 is 0. The molecular weight excluding hydrogens is 434 g/mol. The van der Waals surface area contributed by atoms with Crippen LogP contribution in [0.1, 0.15) is 38.2 Å². The average Bonchev–Trinajstić information content (AvgIpc) is 3.09. The van der Waals surface area contributed by atoms with Gasteiger partial charge in [0.1, 0.15) is 12.4 Å². The molecule has 176 valence electrons. The van der Waals surface area contributed by atoms with Crippen molar-refractivity contribution in [3.05, 3.63) is 64.3 Å². The molecule has 1 fully saturated rings. The third kappa shape index (κ3) is 3.29. The standard InChI is InChI=1S/C27H27NO6/c1-3-28-26(32)18-9-8-17-19(23(18)27(28)33)13-20-24(21(30)12-14(2)25(20)31)22(17)15-4-6-16(7-5-15)34-11-10-29/h4-8,12,18-19,22-23,29H,3,9-11,13H2,1-2H3. The minimum Gasteiger partial charge on any atom is -0.491 e. The van der Waals surface area contributed by atoms with Crippen molar-refractivity contribution in [3.63, 3.8) is 0 Å². The van der Waals surface area contributed by atoms with E-state index in [9.17, 15) is 19.2 Å². The topological polar surface area (TPSA) is 101 Å². The quantitative estimate of drug-likeness (QED) is 0.411. The number of nitrogens with zero attached hydrogens (tertiary/aromatic N) is 1. The molecule has 2 amide bonds. The largest absolute Gasteiger partial charge is 0.491 e. The fourth-order valence-corrected chi connectivity index (χ4v) is 6.06. The number of amides is 2. The number of imide groups is 1. The maximum Gasteiger partial charge on any atom is 0.233 e. The third-order valence-corrected chi connectivity index (χ3v) is 7.54. The van der Waals surface area contributed by atoms with E-state index in [1.807, 2.05) is 18.2 Å². The van der Waals surface area contributed by atoms with Crippen LogP contribution in [0, 0.1) is 17.8 Å². The van der Waals surface area contributed by atoms with Crippen LogP contribution in [0.5, 0.6) is 5.75 Å². The van der Waals surface area contributed by atoms with Crippen molar-refractivity contribution >= 4 is 23.4 Å². The van der Waals surface area contributed by atoms with Crippen molar-refractivity contribution in [2.75, 3.05) is 19.8 Å². The van der Waals surface area contributed by atoms with Crippen LogP contribution in [0.15, 0.2) is 58.7 Å². The Morgan fingerprint density at radius 3 is 2.47 bits per heavy atom. The van der Waals surface area contributed by atoms with Gasteiger partial charge in [-0.15, -0.1) is 0 Å². The second-order valence-corrected chi connectivity index (χ2v) is 9.29. The number of likely N-dealkylation sites (tertiary alicyclic amines) is 1. The highest BCUT2D eigenvalue weighted by Crippen LogP contribution is 2.55. The van der Waals surface area contributed by atoms with Gasteiger partial charge in [-0.3, -0.25) is 24.1 Å². The molecule has 0 aromatic heterocycles. The lowest BCUT2D eigenvalue weighted by molar-refractivity contribution is -0.139. The SMILES string of the molecule is CCN1C(=O)C2CC=C3C(c4ccc(OCCO)cc4)C4=C(CC3C2C1=O)C(=O)C(C)=CC4=O. The van der Waals surface area contributed by atoms with Crippen molar-refractivity contribution in [1.29, 1.82) is 0 Å². The van der Waals surface area contributed by atoms with Crippen LogP contribution >= 0.6 is 0 Å². The van der Waals surface area contributed by atoms with Crippen LogP contribution < -0.4 is 4.74 Å². The van der Waals surface area contributed by atoms with E-state index in [1.165, 1.54) is 11.0 Å². The molecule has 1 aliphatic heterocycles. The van der Waals surface area contributed by atoms with E-state index in [2.05, 4.69) is 0 Å². The summed E-state index contributed by atoms with van der Waals surface area (Å²) in [5.74, 6) is -1.74. The molecule has 7 heteroatoms. The number of ether oxygens (including phenoxy) is 1. The first-order valence-electron chi connectivity index (χ1n) is 11.8. The summed E-state index contributed by atoms with van der Waals surface area (Å²) in [7, 11) is 0. The third-order valence-electron chi connectivity index (χ3n) is 7.54. The monoisotopic (exact) mass is 461 g/mol. The first-order chi connectivity index (χ1) is 16.4. The molecule has 1 N–H and O–H groups in total. The summed E-state index contributed by atoms with van der Waals surface area (Å²) in [4.78, 5) is 53.9. The van der Waals surface area contributed by atoms with Crippen LogP contribution in [-0.4, -0.2) is 53.1 Å². The van der Waals surface area contributed by atoms with E-state index in [-0.39, 0.29) is 42.5 Å². The fourth-order valence-electron chi connectivity index (χ4n) is 6.06. The first-order valence-corrected chi connectivity index (χ1v) is 11.8. The number of carbonyl (C=O) groups is 4. The first kappa shape index (κ1) is 22.5. The molecule has 4 unspecified atom stereocenters. The molecule has 7 nitrogen and oxygen atoms in total. The Labute approximate surface area is 197 Å². The molecular formula is C27H27NO6. The second-order valence-electron chi connectivity index (χ2n) is 9.29. The Morgan fingerprint density at radius 1 is 1.06 bits per heavy atom. The van der Waals surface area contributed by atoms with Crippen LogP contribution in [0.25, 0.3) is 0 Å². The van der Waals surface area contributed by atoms with Gasteiger partial charge >= 0.3 is 0 Å². The summed E-state index contributed by atoms with van der Waals surface area (Å²) in [6.07, 6.45) is 4.17. The Bertz CT molecular complexity index is 1190. The molecule has 0 spiro atoms. The van der Waals surface area contributed by atoms with Gasteiger partial charge in [-0.2, -0.15) is 0 Å². The van der Waals surface area contributed by atoms with Gasteiger partial charge in [-0.1, -0.05) is 23.8 Å². The minimum atomic E-state index is -0.509. The molecule has 3 aliphatic carbocycles. The number of hydrogen-bond acceptors (Lipinski definition) is 6. The van der Waals surface area contributed by atoms with Crippen molar-refractivity contribution in [1.82, 2.24) is 4.90 Å². The smallest absolute Gasteiger partial charge is 0.233 e. The lowest BCUT2D eigenvalue weighted by atomic mass is 9.59. The van der Waals surface area contributed by atoms with E-state index >= 15 is 0 Å². The van der Waals surface area contributed by atoms with E-state index in [1.54, 1.807) is 26.0 Å². The average molecular weight is 462 g/mol. The summed E-state index contributed by atoms with van der Waals surface area (Å²) in [5.41, 5.74) is 3.12. The number of carbonyl (C=O) groups excluding carboxylic acids is 4. The zero-order valence-corrected chi connectivity index (χ0v) is 19.2. The fraction of sp³-hybridized carbons (Fsp3) is 0.407. The summed E-state index contributed by atoms with van der Waals surface area (Å²) in [6, 6.07) is 7.28. The number of benzene rings is 1. The number of fused-ring (bicyclic) bond motifs is 3. The molecule has 0 saturated carbocycles. The van der Waals surface area contributed by atoms with Gasteiger partial charge in [-0.05, 0) is 56.4 Å². The van der Waals surface area contributed by atoms with Gasteiger partial charge in [0.05, 0.1) is 18.4 Å². The Balaban J connectivity index is 1.62. The Kier molecular flexibility index (Phi) is 5.60. The number of allylic oxidation sites excluding steroid dienone is 6. The molecule has 1 aromatic carbocycles. The normalized spacial score (nSPS) is 28.4. The second kappa shape index (κ2) is 8.47. The molecule has 1 heterocycles. The predicted octanol–water partition coefficient (Wildman–Crippen LogP) is 2.51. The molecule has 4 atom stereocenters. The van der Waals surface area contributed by atoms with Gasteiger partial charge in [-0.25, -0.2) is 0 Å². The molecule has 4 aliphatic rings. The molecule has 5 rings (SSSR count). The van der Waals surface area contributed by atoms with E-state index < -0.39 is 17.8 Å². The molecule has 1 aromatic rings. The van der Waals surface area contributed by atoms with Crippen LogP contribution in [0.3, 0.4) is 0 Å². The number of hydrogen-bond donors (Lipinski definition) is 1. The Hall–Kier alpha value is -3.32. The maximum absolute atomic E-state index is 13.3. The van der Waals surface area contributed by atoms with Gasteiger partial charge in [0.25, 0.3) is 0 Å². The Morgan fingerprint density at radius 2 is 1.79 bits per heavy atom.